The normalized spacial score (nSPS) is 12.6. The molecule has 2 atom stereocenters. The molecular weight excluding hydrogens is 1020 g/mol. The van der Waals surface area contributed by atoms with E-state index in [2.05, 4.69) is 43.5 Å². The van der Waals surface area contributed by atoms with E-state index >= 15 is 0 Å². The molecule has 0 spiro atoms. The average Bonchev–Trinajstić information content (AvgIpc) is 3.49. The van der Waals surface area contributed by atoms with Gasteiger partial charge in [0.15, 0.2) is 0 Å². The molecule has 0 saturated carbocycles. The first-order chi connectivity index (χ1) is 41.0. The van der Waals surface area contributed by atoms with E-state index in [9.17, 15) is 19.8 Å². The van der Waals surface area contributed by atoms with Gasteiger partial charge in [0.2, 0.25) is 5.91 Å². The molecule has 0 bridgehead atoms. The van der Waals surface area contributed by atoms with Crippen LogP contribution in [0.1, 0.15) is 431 Å². The molecule has 0 aliphatic carbocycles. The maximum atomic E-state index is 12.6. The Kier molecular flexibility index (Phi) is 71.4. The Morgan fingerprint density at radius 3 is 0.916 bits per heavy atom. The van der Waals surface area contributed by atoms with E-state index in [-0.39, 0.29) is 18.5 Å². The van der Waals surface area contributed by atoms with Gasteiger partial charge < -0.3 is 20.3 Å². The van der Waals surface area contributed by atoms with E-state index in [1.807, 2.05) is 0 Å². The van der Waals surface area contributed by atoms with Crippen LogP contribution in [0.3, 0.4) is 0 Å². The van der Waals surface area contributed by atoms with Gasteiger partial charge in [-0.1, -0.05) is 385 Å². The first-order valence-corrected chi connectivity index (χ1v) is 38.1. The summed E-state index contributed by atoms with van der Waals surface area (Å²) in [4.78, 5) is 24.6. The molecule has 492 valence electrons. The number of carbonyl (C=O) groups excluding carboxylic acids is 2. The molecule has 0 aromatic rings. The molecule has 0 aromatic heterocycles. The monoisotopic (exact) mass is 1170 g/mol. The largest absolute Gasteiger partial charge is 0.466 e. The number of hydrogen-bond donors (Lipinski definition) is 3. The molecule has 0 saturated heterocycles. The summed E-state index contributed by atoms with van der Waals surface area (Å²) in [5.74, 6) is -0.0126. The zero-order valence-electron chi connectivity index (χ0n) is 56.5. The number of carbonyl (C=O) groups is 2. The lowest BCUT2D eigenvalue weighted by molar-refractivity contribution is -0.143. The smallest absolute Gasteiger partial charge is 0.305 e. The van der Waals surface area contributed by atoms with E-state index in [0.717, 1.165) is 44.9 Å². The summed E-state index contributed by atoms with van der Waals surface area (Å²) in [5.41, 5.74) is 0. The van der Waals surface area contributed by atoms with Crippen molar-refractivity contribution in [3.63, 3.8) is 0 Å². The van der Waals surface area contributed by atoms with E-state index in [1.165, 1.54) is 353 Å². The lowest BCUT2D eigenvalue weighted by Gasteiger charge is -2.22. The van der Waals surface area contributed by atoms with Gasteiger partial charge in [0, 0.05) is 12.8 Å². The standard InChI is InChI=1S/C77H149NO5/c1-3-5-7-9-11-13-15-17-19-20-21-35-38-42-45-49-53-57-61-65-69-75(80)74(73-79)78-76(81)70-66-62-58-54-50-46-43-39-36-33-31-29-27-25-23-22-24-26-28-30-32-34-37-40-44-48-52-56-60-64-68-72-83-77(82)71-67-63-59-55-51-47-41-18-16-14-12-10-8-6-4-2/h24,26,30,32,74-75,79-80H,3-23,25,27-29,31,33-73H2,1-2H3,(H,78,81)/b26-24-,32-30-. The van der Waals surface area contributed by atoms with Crippen molar-refractivity contribution in [2.24, 2.45) is 0 Å². The van der Waals surface area contributed by atoms with Crippen molar-refractivity contribution >= 4 is 11.9 Å². The first kappa shape index (κ1) is 81.3. The highest BCUT2D eigenvalue weighted by molar-refractivity contribution is 5.76. The Balaban J connectivity index is 3.38. The predicted octanol–water partition coefficient (Wildman–Crippen LogP) is 24.9. The molecule has 0 aliphatic rings. The first-order valence-electron chi connectivity index (χ1n) is 38.1. The van der Waals surface area contributed by atoms with Crippen molar-refractivity contribution in [1.82, 2.24) is 5.32 Å². The van der Waals surface area contributed by atoms with Gasteiger partial charge in [0.25, 0.3) is 0 Å². The Morgan fingerprint density at radius 1 is 0.337 bits per heavy atom. The summed E-state index contributed by atoms with van der Waals surface area (Å²) in [6, 6.07) is -0.542. The van der Waals surface area contributed by atoms with E-state index in [0.29, 0.717) is 25.9 Å². The number of aliphatic hydroxyl groups excluding tert-OH is 2. The van der Waals surface area contributed by atoms with E-state index < -0.39 is 12.1 Å². The van der Waals surface area contributed by atoms with Crippen LogP contribution in [0.4, 0.5) is 0 Å². The van der Waals surface area contributed by atoms with Gasteiger partial charge >= 0.3 is 5.97 Å². The molecule has 0 aliphatic heterocycles. The fraction of sp³-hybridized carbons (Fsp3) is 0.922. The van der Waals surface area contributed by atoms with Crippen LogP contribution in [-0.2, 0) is 14.3 Å². The fourth-order valence-electron chi connectivity index (χ4n) is 12.2. The van der Waals surface area contributed by atoms with Crippen LogP contribution in [0.5, 0.6) is 0 Å². The highest BCUT2D eigenvalue weighted by Crippen LogP contribution is 2.20. The Labute approximate surface area is 520 Å². The summed E-state index contributed by atoms with van der Waals surface area (Å²) < 4.78 is 5.50. The number of amides is 1. The van der Waals surface area contributed by atoms with Gasteiger partial charge in [0.05, 0.1) is 25.4 Å². The fourth-order valence-corrected chi connectivity index (χ4v) is 12.2. The molecule has 0 heterocycles. The van der Waals surface area contributed by atoms with Gasteiger partial charge in [-0.2, -0.15) is 0 Å². The summed E-state index contributed by atoms with van der Waals surface area (Å²) in [6.07, 6.45) is 92.5. The van der Waals surface area contributed by atoms with Crippen molar-refractivity contribution in [2.45, 2.75) is 443 Å². The third-order valence-electron chi connectivity index (χ3n) is 18.0. The predicted molar refractivity (Wildman–Crippen MR) is 366 cm³/mol. The van der Waals surface area contributed by atoms with Gasteiger partial charge in [0.1, 0.15) is 0 Å². The topological polar surface area (TPSA) is 95.9 Å². The minimum Gasteiger partial charge on any atom is -0.466 e. The second-order valence-corrected chi connectivity index (χ2v) is 26.3. The van der Waals surface area contributed by atoms with Crippen LogP contribution in [0.25, 0.3) is 0 Å². The quantitative estimate of drug-likeness (QED) is 0.0320. The molecule has 1 amide bonds. The van der Waals surface area contributed by atoms with Gasteiger partial charge in [-0.25, -0.2) is 0 Å². The highest BCUT2D eigenvalue weighted by Gasteiger charge is 2.20. The molecule has 0 rings (SSSR count). The summed E-state index contributed by atoms with van der Waals surface area (Å²) in [7, 11) is 0. The lowest BCUT2D eigenvalue weighted by Crippen LogP contribution is -2.45. The number of unbranched alkanes of at least 4 members (excludes halogenated alkanes) is 57. The molecule has 2 unspecified atom stereocenters. The Bertz CT molecular complexity index is 1300. The average molecular weight is 1170 g/mol. The molecule has 3 N–H and O–H groups in total. The zero-order chi connectivity index (χ0) is 59.9. The maximum Gasteiger partial charge on any atom is 0.305 e. The van der Waals surface area contributed by atoms with Crippen molar-refractivity contribution < 1.29 is 24.5 Å². The van der Waals surface area contributed by atoms with Crippen LogP contribution in [0.2, 0.25) is 0 Å². The van der Waals surface area contributed by atoms with Gasteiger partial charge in [-0.05, 0) is 57.8 Å². The molecule has 0 fully saturated rings. The summed E-state index contributed by atoms with van der Waals surface area (Å²) in [5, 5.41) is 23.4. The van der Waals surface area contributed by atoms with Crippen molar-refractivity contribution in [2.75, 3.05) is 13.2 Å². The maximum absolute atomic E-state index is 12.6. The van der Waals surface area contributed by atoms with Crippen LogP contribution >= 0.6 is 0 Å². The number of hydrogen-bond acceptors (Lipinski definition) is 5. The van der Waals surface area contributed by atoms with Crippen molar-refractivity contribution in [3.05, 3.63) is 24.3 Å². The van der Waals surface area contributed by atoms with Crippen molar-refractivity contribution in [3.8, 4) is 0 Å². The highest BCUT2D eigenvalue weighted by atomic mass is 16.5. The lowest BCUT2D eigenvalue weighted by atomic mass is 10.0. The second-order valence-electron chi connectivity index (χ2n) is 26.3. The third kappa shape index (κ3) is 69.3. The molecule has 83 heavy (non-hydrogen) atoms. The minimum atomic E-state index is -0.665. The van der Waals surface area contributed by atoms with E-state index in [4.69, 9.17) is 4.74 Å². The minimum absolute atomic E-state index is 0.0170. The van der Waals surface area contributed by atoms with E-state index in [1.54, 1.807) is 0 Å². The van der Waals surface area contributed by atoms with Gasteiger partial charge in [-0.3, -0.25) is 9.59 Å². The number of esters is 1. The number of rotatable bonds is 72. The molecule has 0 radical (unpaired) electrons. The van der Waals surface area contributed by atoms with Crippen molar-refractivity contribution in [1.29, 1.82) is 0 Å². The second kappa shape index (κ2) is 72.8. The van der Waals surface area contributed by atoms with Crippen LogP contribution in [0, 0.1) is 0 Å². The summed E-state index contributed by atoms with van der Waals surface area (Å²) in [6.45, 7) is 5.00. The van der Waals surface area contributed by atoms with Gasteiger partial charge in [-0.15, -0.1) is 0 Å². The third-order valence-corrected chi connectivity index (χ3v) is 18.0. The SMILES string of the molecule is CCCCCCCCCCCCCCCCCCCCCCC(O)C(CO)NC(=O)CCCCCCCCCCCCCCCCC/C=C\C/C=C\CCCCCCCCCCCOC(=O)CCCCCCCCCCCCCCCCC. The molecular formula is C77H149NO5. The summed E-state index contributed by atoms with van der Waals surface area (Å²) >= 11 is 0. The molecule has 0 aromatic carbocycles. The van der Waals surface area contributed by atoms with Crippen LogP contribution < -0.4 is 5.32 Å². The number of ether oxygens (including phenoxy) is 1. The van der Waals surface area contributed by atoms with Crippen LogP contribution in [-0.4, -0.2) is 47.4 Å². The number of allylic oxidation sites excluding steroid dienone is 4. The van der Waals surface area contributed by atoms with Crippen LogP contribution in [0.15, 0.2) is 24.3 Å². The number of aliphatic hydroxyl groups is 2. The Hall–Kier alpha value is -1.66. The molecule has 6 nitrogen and oxygen atoms in total. The molecule has 6 heteroatoms. The Morgan fingerprint density at radius 2 is 0.602 bits per heavy atom. The number of nitrogens with one attached hydrogen (secondary N) is 1. The zero-order valence-corrected chi connectivity index (χ0v) is 56.5.